The molecule has 0 saturated heterocycles. The van der Waals surface area contributed by atoms with Crippen molar-refractivity contribution in [3.05, 3.63) is 190 Å². The van der Waals surface area contributed by atoms with E-state index in [1.54, 1.807) is 0 Å². The minimum absolute atomic E-state index is 1.06. The van der Waals surface area contributed by atoms with Crippen molar-refractivity contribution in [2.24, 2.45) is 0 Å². The summed E-state index contributed by atoms with van der Waals surface area (Å²) >= 11 is 7.25. The Balaban J connectivity index is 1.17. The van der Waals surface area contributed by atoms with Crippen LogP contribution in [0.25, 0.3) is 32.7 Å². The molecule has 0 bridgehead atoms. The van der Waals surface area contributed by atoms with Gasteiger partial charge in [-0.15, -0.1) is 0 Å². The molecule has 0 aliphatic rings. The normalized spacial score (nSPS) is 11.2. The Morgan fingerprint density at radius 1 is 0.320 bits per heavy atom. The van der Waals surface area contributed by atoms with Crippen molar-refractivity contribution in [2.75, 3.05) is 9.80 Å². The summed E-state index contributed by atoms with van der Waals surface area (Å²) in [4.78, 5) is 4.70. The van der Waals surface area contributed by atoms with Crippen LogP contribution < -0.4 is 9.80 Å². The molecule has 8 aromatic carbocycles. The third kappa shape index (κ3) is 6.10. The lowest BCUT2D eigenvalue weighted by atomic mass is 10.0. The molecule has 8 aromatic rings. The number of fused-ring (bicyclic) bond motifs is 2. The molecule has 0 amide bonds. The van der Waals surface area contributed by atoms with Gasteiger partial charge >= 0.3 is 0 Å². The van der Waals surface area contributed by atoms with Crippen LogP contribution in [0.3, 0.4) is 0 Å². The number of hydrogen-bond donors (Lipinski definition) is 0. The van der Waals surface area contributed by atoms with Crippen molar-refractivity contribution < 1.29 is 0 Å². The van der Waals surface area contributed by atoms with E-state index in [1.807, 2.05) is 0 Å². The lowest BCUT2D eigenvalue weighted by Crippen LogP contribution is -2.11. The molecule has 0 aliphatic carbocycles. The zero-order valence-electron chi connectivity index (χ0n) is 27.8. The molecular formula is C46H34Br2N2. The molecule has 4 heteroatoms. The topological polar surface area (TPSA) is 6.48 Å². The van der Waals surface area contributed by atoms with Crippen molar-refractivity contribution >= 4 is 87.5 Å². The maximum atomic E-state index is 3.62. The monoisotopic (exact) mass is 772 g/mol. The molecule has 8 rings (SSSR count). The van der Waals surface area contributed by atoms with Crippen LogP contribution in [0.1, 0.15) is 11.1 Å². The van der Waals surface area contributed by atoms with Crippen molar-refractivity contribution in [1.82, 2.24) is 0 Å². The van der Waals surface area contributed by atoms with Gasteiger partial charge in [-0.1, -0.05) is 117 Å². The smallest absolute Gasteiger partial charge is 0.0540 e. The molecule has 0 heterocycles. The minimum Gasteiger partial charge on any atom is -0.310 e. The van der Waals surface area contributed by atoms with E-state index in [0.29, 0.717) is 0 Å². The first kappa shape index (κ1) is 32.1. The lowest BCUT2D eigenvalue weighted by Gasteiger charge is -2.28. The van der Waals surface area contributed by atoms with Gasteiger partial charge in [0.1, 0.15) is 0 Å². The molecule has 2 nitrogen and oxygen atoms in total. The number of halogens is 2. The van der Waals surface area contributed by atoms with Crippen LogP contribution in [0, 0.1) is 13.8 Å². The van der Waals surface area contributed by atoms with Crippen molar-refractivity contribution in [3.8, 4) is 11.1 Å². The summed E-state index contributed by atoms with van der Waals surface area (Å²) in [6.45, 7) is 4.36. The number of benzene rings is 8. The van der Waals surface area contributed by atoms with Gasteiger partial charge in [-0.25, -0.2) is 0 Å². The Kier molecular flexibility index (Phi) is 8.74. The van der Waals surface area contributed by atoms with E-state index in [9.17, 15) is 0 Å². The van der Waals surface area contributed by atoms with Gasteiger partial charge in [0, 0.05) is 42.5 Å². The van der Waals surface area contributed by atoms with Gasteiger partial charge in [-0.3, -0.25) is 0 Å². The summed E-state index contributed by atoms with van der Waals surface area (Å²) in [5.41, 5.74) is 11.6. The first-order chi connectivity index (χ1) is 24.4. The first-order valence-electron chi connectivity index (χ1n) is 16.7. The van der Waals surface area contributed by atoms with Gasteiger partial charge in [0.25, 0.3) is 0 Å². The predicted octanol–water partition coefficient (Wildman–Crippen LogP) is 14.7. The zero-order valence-corrected chi connectivity index (χ0v) is 31.0. The highest BCUT2D eigenvalue weighted by Crippen LogP contribution is 2.42. The SMILES string of the molecule is Cc1ccc(N(c2ccc(Br)cc2)c2ccc(-c3ccc(N(c4ccc(Br)cc4)c4ccc(C)c5ccccc45)cc3)cc2)c2ccccc12. The Bertz CT molecular complexity index is 2280. The molecule has 0 unspecified atom stereocenters. The first-order valence-corrected chi connectivity index (χ1v) is 18.3. The second-order valence-corrected chi connectivity index (χ2v) is 14.4. The molecule has 0 aromatic heterocycles. The maximum absolute atomic E-state index is 3.62. The fourth-order valence-corrected chi connectivity index (χ4v) is 7.43. The standard InChI is InChI=1S/C46H34Br2N2/c1-31-11-29-45(43-9-5-3-7-41(31)43)49(39-25-17-35(47)18-26-39)37-21-13-33(14-22-37)34-15-23-38(24-16-34)50(40-27-19-36(48)20-28-40)46-30-12-32(2)42-8-4-6-10-44(42)46/h3-30H,1-2H3. The third-order valence-electron chi connectivity index (χ3n) is 9.47. The highest BCUT2D eigenvalue weighted by atomic mass is 79.9. The molecule has 242 valence electrons. The molecular weight excluding hydrogens is 740 g/mol. The van der Waals surface area contributed by atoms with E-state index in [1.165, 1.54) is 43.8 Å². The van der Waals surface area contributed by atoms with Gasteiger partial charge in [-0.05, 0) is 132 Å². The lowest BCUT2D eigenvalue weighted by molar-refractivity contribution is 1.29. The van der Waals surface area contributed by atoms with E-state index in [-0.39, 0.29) is 0 Å². The van der Waals surface area contributed by atoms with Crippen molar-refractivity contribution in [3.63, 3.8) is 0 Å². The van der Waals surface area contributed by atoms with Crippen LogP contribution in [-0.2, 0) is 0 Å². The summed E-state index contributed by atoms with van der Waals surface area (Å²) in [7, 11) is 0. The van der Waals surface area contributed by atoms with E-state index in [0.717, 1.165) is 43.1 Å². The van der Waals surface area contributed by atoms with Crippen LogP contribution in [-0.4, -0.2) is 0 Å². The second-order valence-electron chi connectivity index (χ2n) is 12.6. The van der Waals surface area contributed by atoms with E-state index in [4.69, 9.17) is 0 Å². The largest absolute Gasteiger partial charge is 0.310 e. The van der Waals surface area contributed by atoms with Crippen LogP contribution in [0.5, 0.6) is 0 Å². The Labute approximate surface area is 310 Å². The molecule has 0 N–H and O–H groups in total. The summed E-state index contributed by atoms with van der Waals surface area (Å²) < 4.78 is 2.12. The van der Waals surface area contributed by atoms with Crippen molar-refractivity contribution in [1.29, 1.82) is 0 Å². The maximum Gasteiger partial charge on any atom is 0.0540 e. The van der Waals surface area contributed by atoms with Gasteiger partial charge in [0.05, 0.1) is 11.4 Å². The minimum atomic E-state index is 1.06. The molecule has 0 atom stereocenters. The summed E-state index contributed by atoms with van der Waals surface area (Å²) in [6, 6.07) is 61.1. The number of rotatable bonds is 7. The average Bonchev–Trinajstić information content (AvgIpc) is 3.16. The zero-order chi connectivity index (χ0) is 34.2. The molecule has 0 aliphatic heterocycles. The summed E-state index contributed by atoms with van der Waals surface area (Å²) in [6.07, 6.45) is 0. The van der Waals surface area contributed by atoms with Gasteiger partial charge < -0.3 is 9.80 Å². The highest BCUT2D eigenvalue weighted by Gasteiger charge is 2.18. The Morgan fingerprint density at radius 2 is 0.620 bits per heavy atom. The fraction of sp³-hybridized carbons (Fsp3) is 0.0435. The van der Waals surface area contributed by atoms with Gasteiger partial charge in [0.2, 0.25) is 0 Å². The quantitative estimate of drug-likeness (QED) is 0.159. The third-order valence-corrected chi connectivity index (χ3v) is 10.5. The van der Waals surface area contributed by atoms with Gasteiger partial charge in [0.15, 0.2) is 0 Å². The van der Waals surface area contributed by atoms with E-state index >= 15 is 0 Å². The predicted molar refractivity (Wildman–Crippen MR) is 221 cm³/mol. The number of nitrogens with zero attached hydrogens (tertiary/aromatic N) is 2. The molecule has 0 spiro atoms. The van der Waals surface area contributed by atoms with Crippen LogP contribution in [0.15, 0.2) is 179 Å². The van der Waals surface area contributed by atoms with Crippen LogP contribution in [0.4, 0.5) is 34.1 Å². The highest BCUT2D eigenvalue weighted by molar-refractivity contribution is 9.10. The Morgan fingerprint density at radius 3 is 0.960 bits per heavy atom. The summed E-state index contributed by atoms with van der Waals surface area (Å²) in [5.74, 6) is 0. The molecule has 0 saturated carbocycles. The summed E-state index contributed by atoms with van der Waals surface area (Å²) in [5, 5.41) is 4.98. The fourth-order valence-electron chi connectivity index (χ4n) is 6.90. The van der Waals surface area contributed by atoms with Crippen LogP contribution in [0.2, 0.25) is 0 Å². The number of aryl methyl sites for hydroxylation is 2. The second kappa shape index (κ2) is 13.6. The average molecular weight is 775 g/mol. The van der Waals surface area contributed by atoms with Crippen molar-refractivity contribution in [2.45, 2.75) is 13.8 Å². The number of anilines is 6. The van der Waals surface area contributed by atoms with E-state index < -0.39 is 0 Å². The van der Waals surface area contributed by atoms with E-state index in [2.05, 4.69) is 225 Å². The molecule has 0 fully saturated rings. The Hall–Kier alpha value is -5.16. The van der Waals surface area contributed by atoms with Gasteiger partial charge in [-0.2, -0.15) is 0 Å². The molecule has 50 heavy (non-hydrogen) atoms. The number of hydrogen-bond acceptors (Lipinski definition) is 2. The van der Waals surface area contributed by atoms with Crippen LogP contribution >= 0.6 is 31.9 Å². The molecule has 0 radical (unpaired) electrons.